The van der Waals surface area contributed by atoms with Gasteiger partial charge in [0.2, 0.25) is 10.0 Å². The second-order valence-corrected chi connectivity index (χ2v) is 9.42. The summed E-state index contributed by atoms with van der Waals surface area (Å²) in [6.07, 6.45) is 0.0512. The third kappa shape index (κ3) is 7.12. The van der Waals surface area contributed by atoms with Crippen molar-refractivity contribution in [2.75, 3.05) is 31.6 Å². The standard InChI is InChI=1S/C22H22ClN3O6S/c1-16(27)17-7-9-20(10-8-17)33(30,31)25(2)14-22(29)32-15-21(28)26(12-4-11-24)19-6-3-5-18(23)13-19/h3,5-10,13H,4,12,14-15H2,1-2H3. The van der Waals surface area contributed by atoms with Crippen LogP contribution in [0.15, 0.2) is 53.4 Å². The van der Waals surface area contributed by atoms with E-state index in [0.29, 0.717) is 16.3 Å². The normalized spacial score (nSPS) is 11.0. The predicted octanol–water partition coefficient (Wildman–Crippen LogP) is 2.65. The quantitative estimate of drug-likeness (QED) is 0.369. The summed E-state index contributed by atoms with van der Waals surface area (Å²) in [5.74, 6) is -1.73. The van der Waals surface area contributed by atoms with Crippen molar-refractivity contribution in [3.05, 3.63) is 59.1 Å². The van der Waals surface area contributed by atoms with Gasteiger partial charge in [-0.05, 0) is 37.3 Å². The van der Waals surface area contributed by atoms with E-state index in [1.807, 2.05) is 6.07 Å². The molecule has 9 nitrogen and oxygen atoms in total. The van der Waals surface area contributed by atoms with Crippen molar-refractivity contribution in [3.63, 3.8) is 0 Å². The smallest absolute Gasteiger partial charge is 0.321 e. The van der Waals surface area contributed by atoms with Crippen LogP contribution in [-0.4, -0.2) is 57.1 Å². The van der Waals surface area contributed by atoms with Crippen LogP contribution < -0.4 is 4.90 Å². The van der Waals surface area contributed by atoms with Crippen LogP contribution in [-0.2, 0) is 24.3 Å². The molecule has 174 valence electrons. The van der Waals surface area contributed by atoms with E-state index in [0.717, 1.165) is 4.31 Å². The summed E-state index contributed by atoms with van der Waals surface area (Å²) in [5.41, 5.74) is 0.794. The molecule has 0 spiro atoms. The fraction of sp³-hybridized carbons (Fsp3) is 0.273. The van der Waals surface area contributed by atoms with Crippen LogP contribution >= 0.6 is 11.6 Å². The number of Topliss-reactive ketones (excluding diaryl/α,β-unsaturated/α-hetero) is 1. The predicted molar refractivity (Wildman–Crippen MR) is 121 cm³/mol. The van der Waals surface area contributed by atoms with Gasteiger partial charge in [-0.25, -0.2) is 8.42 Å². The summed E-state index contributed by atoms with van der Waals surface area (Å²) in [6, 6.07) is 13.7. The monoisotopic (exact) mass is 491 g/mol. The zero-order chi connectivity index (χ0) is 24.6. The van der Waals surface area contributed by atoms with Crippen LogP contribution in [0, 0.1) is 11.3 Å². The summed E-state index contributed by atoms with van der Waals surface area (Å²) in [4.78, 5) is 37.3. The van der Waals surface area contributed by atoms with E-state index in [9.17, 15) is 22.8 Å². The number of hydrogen-bond donors (Lipinski definition) is 0. The van der Waals surface area contributed by atoms with Crippen molar-refractivity contribution < 1.29 is 27.5 Å². The SMILES string of the molecule is CC(=O)c1ccc(S(=O)(=O)N(C)CC(=O)OCC(=O)N(CCC#N)c2cccc(Cl)c2)cc1. The van der Waals surface area contributed by atoms with E-state index in [-0.39, 0.29) is 23.6 Å². The lowest BCUT2D eigenvalue weighted by Gasteiger charge is -2.22. The maximum absolute atomic E-state index is 12.6. The van der Waals surface area contributed by atoms with Crippen molar-refractivity contribution in [2.45, 2.75) is 18.2 Å². The summed E-state index contributed by atoms with van der Waals surface area (Å²) >= 11 is 5.96. The van der Waals surface area contributed by atoms with Gasteiger partial charge in [-0.1, -0.05) is 29.8 Å². The number of likely N-dealkylation sites (N-methyl/N-ethyl adjacent to an activating group) is 1. The lowest BCUT2D eigenvalue weighted by molar-refractivity contribution is -0.147. The van der Waals surface area contributed by atoms with Gasteiger partial charge < -0.3 is 9.64 Å². The second-order valence-electron chi connectivity index (χ2n) is 6.94. The Hall–Kier alpha value is -3.26. The van der Waals surface area contributed by atoms with Gasteiger partial charge >= 0.3 is 5.97 Å². The van der Waals surface area contributed by atoms with E-state index in [1.165, 1.54) is 49.2 Å². The largest absolute Gasteiger partial charge is 0.455 e. The van der Waals surface area contributed by atoms with E-state index in [2.05, 4.69) is 0 Å². The molecule has 0 aliphatic carbocycles. The van der Waals surface area contributed by atoms with Gasteiger partial charge in [0.15, 0.2) is 12.4 Å². The molecule has 11 heteroatoms. The van der Waals surface area contributed by atoms with Crippen LogP contribution in [0.2, 0.25) is 5.02 Å². The number of sulfonamides is 1. The van der Waals surface area contributed by atoms with Gasteiger partial charge in [0.1, 0.15) is 6.54 Å². The van der Waals surface area contributed by atoms with Crippen molar-refractivity contribution in [2.24, 2.45) is 0 Å². The highest BCUT2D eigenvalue weighted by Gasteiger charge is 2.25. The number of esters is 1. The van der Waals surface area contributed by atoms with Gasteiger partial charge in [-0.3, -0.25) is 14.4 Å². The molecule has 1 amide bonds. The maximum Gasteiger partial charge on any atom is 0.321 e. The number of nitrogens with zero attached hydrogens (tertiary/aromatic N) is 3. The lowest BCUT2D eigenvalue weighted by Crippen LogP contribution is -2.38. The first-order chi connectivity index (χ1) is 15.6. The van der Waals surface area contributed by atoms with E-state index >= 15 is 0 Å². The molecule has 0 aromatic heterocycles. The maximum atomic E-state index is 12.6. The molecule has 0 N–H and O–H groups in total. The number of carbonyl (C=O) groups is 3. The number of benzene rings is 2. The number of rotatable bonds is 10. The number of carbonyl (C=O) groups excluding carboxylic acids is 3. The highest BCUT2D eigenvalue weighted by molar-refractivity contribution is 7.89. The molecule has 0 heterocycles. The first-order valence-electron chi connectivity index (χ1n) is 9.72. The van der Waals surface area contributed by atoms with Crippen molar-refractivity contribution in [3.8, 4) is 6.07 Å². The Kier molecular flexibility index (Phi) is 9.11. The number of ether oxygens (including phenoxy) is 1. The zero-order valence-electron chi connectivity index (χ0n) is 18.0. The minimum absolute atomic E-state index is 0.0512. The molecule has 0 atom stereocenters. The van der Waals surface area contributed by atoms with Gasteiger partial charge in [0, 0.05) is 29.9 Å². The molecule has 0 bridgehead atoms. The highest BCUT2D eigenvalue weighted by atomic mass is 35.5. The minimum atomic E-state index is -4.02. The second kappa shape index (κ2) is 11.6. The average Bonchev–Trinajstić information content (AvgIpc) is 2.78. The Labute approximate surface area is 197 Å². The van der Waals surface area contributed by atoms with Crippen LogP contribution in [0.3, 0.4) is 0 Å². The molecule has 2 rings (SSSR count). The first kappa shape index (κ1) is 26.0. The summed E-state index contributed by atoms with van der Waals surface area (Å²) in [6.45, 7) is 0.163. The summed E-state index contributed by atoms with van der Waals surface area (Å²) in [5, 5.41) is 9.24. The third-order valence-electron chi connectivity index (χ3n) is 4.55. The Morgan fingerprint density at radius 3 is 2.36 bits per heavy atom. The molecule has 0 aliphatic rings. The molecule has 0 aliphatic heterocycles. The fourth-order valence-electron chi connectivity index (χ4n) is 2.78. The van der Waals surface area contributed by atoms with Gasteiger partial charge in [0.25, 0.3) is 5.91 Å². The van der Waals surface area contributed by atoms with Crippen LogP contribution in [0.5, 0.6) is 0 Å². The van der Waals surface area contributed by atoms with E-state index < -0.39 is 35.1 Å². The fourth-order valence-corrected chi connectivity index (χ4v) is 4.08. The molecule has 0 fully saturated rings. The average molecular weight is 492 g/mol. The zero-order valence-corrected chi connectivity index (χ0v) is 19.6. The number of hydrogen-bond acceptors (Lipinski definition) is 7. The van der Waals surface area contributed by atoms with Crippen LogP contribution in [0.4, 0.5) is 5.69 Å². The third-order valence-corrected chi connectivity index (χ3v) is 6.60. The minimum Gasteiger partial charge on any atom is -0.455 e. The van der Waals surface area contributed by atoms with Crippen molar-refractivity contribution in [1.29, 1.82) is 5.26 Å². The molecular formula is C22H22ClN3O6S. The van der Waals surface area contributed by atoms with Crippen LogP contribution in [0.1, 0.15) is 23.7 Å². The Bertz CT molecular complexity index is 1180. The highest BCUT2D eigenvalue weighted by Crippen LogP contribution is 2.20. The summed E-state index contributed by atoms with van der Waals surface area (Å²) < 4.78 is 31.0. The van der Waals surface area contributed by atoms with Crippen molar-refractivity contribution in [1.82, 2.24) is 4.31 Å². The molecule has 33 heavy (non-hydrogen) atoms. The van der Waals surface area contributed by atoms with Gasteiger partial charge in [0.05, 0.1) is 17.4 Å². The topological polar surface area (TPSA) is 125 Å². The molecule has 2 aromatic rings. The number of nitriles is 1. The lowest BCUT2D eigenvalue weighted by atomic mass is 10.2. The van der Waals surface area contributed by atoms with Gasteiger partial charge in [-0.15, -0.1) is 0 Å². The van der Waals surface area contributed by atoms with Crippen molar-refractivity contribution >= 4 is 45.0 Å². The molecule has 0 saturated carbocycles. The molecule has 0 saturated heterocycles. The Balaban J connectivity index is 2.01. The number of halogens is 1. The van der Waals surface area contributed by atoms with E-state index in [1.54, 1.807) is 18.2 Å². The number of ketones is 1. The Morgan fingerprint density at radius 2 is 1.79 bits per heavy atom. The molecular weight excluding hydrogens is 470 g/mol. The number of anilines is 1. The molecule has 2 aromatic carbocycles. The van der Waals surface area contributed by atoms with Gasteiger partial charge in [-0.2, -0.15) is 9.57 Å². The Morgan fingerprint density at radius 1 is 1.12 bits per heavy atom. The molecule has 0 unspecified atom stereocenters. The summed E-state index contributed by atoms with van der Waals surface area (Å²) in [7, 11) is -2.82. The molecule has 0 radical (unpaired) electrons. The van der Waals surface area contributed by atoms with E-state index in [4.69, 9.17) is 21.6 Å². The number of amides is 1. The first-order valence-corrected chi connectivity index (χ1v) is 11.5. The van der Waals surface area contributed by atoms with Crippen LogP contribution in [0.25, 0.3) is 0 Å².